The van der Waals surface area contributed by atoms with E-state index >= 15 is 0 Å². The highest BCUT2D eigenvalue weighted by atomic mass is 19.2. The maximum Gasteiger partial charge on any atom is 0.345 e. The van der Waals surface area contributed by atoms with E-state index in [0.717, 1.165) is 0 Å². The highest BCUT2D eigenvalue weighted by molar-refractivity contribution is 5.90. The van der Waals surface area contributed by atoms with Crippen LogP contribution < -0.4 is 0 Å². The number of esters is 1. The normalized spacial score (nSPS) is 9.67. The molecule has 0 bridgehead atoms. The Morgan fingerprint density at radius 1 is 1.00 bits per heavy atom. The maximum absolute atomic E-state index is 13.1. The third-order valence-electron chi connectivity index (χ3n) is 1.87. The molecule has 1 rings (SSSR count). The number of carbonyl (C=O) groups excluding carboxylic acids is 1. The van der Waals surface area contributed by atoms with E-state index in [9.17, 15) is 26.7 Å². The lowest BCUT2D eigenvalue weighted by molar-refractivity contribution is 0.0542. The van der Waals surface area contributed by atoms with E-state index in [-0.39, 0.29) is 0 Å². The van der Waals surface area contributed by atoms with Crippen molar-refractivity contribution in [3.63, 3.8) is 0 Å². The first-order chi connectivity index (χ1) is 8.41. The lowest BCUT2D eigenvalue weighted by atomic mass is 10.1. The Morgan fingerprint density at radius 3 is 1.89 bits per heavy atom. The first kappa shape index (κ1) is 14.0. The molecule has 0 aliphatic rings. The van der Waals surface area contributed by atoms with Gasteiger partial charge in [-0.3, -0.25) is 0 Å². The van der Waals surface area contributed by atoms with Crippen molar-refractivity contribution in [2.45, 2.75) is 6.92 Å². The molecule has 0 fully saturated rings. The van der Waals surface area contributed by atoms with Gasteiger partial charge in [0.25, 0.3) is 0 Å². The molecule has 1 aromatic carbocycles. The minimum absolute atomic E-state index is 0.519. The second kappa shape index (κ2) is 5.49. The molecule has 0 heterocycles. The topological polar surface area (TPSA) is 26.3 Å². The third-order valence-corrected chi connectivity index (χ3v) is 1.87. The average molecular weight is 264 g/mol. The molecule has 0 saturated heterocycles. The van der Waals surface area contributed by atoms with Crippen molar-refractivity contribution in [1.82, 2.24) is 0 Å². The summed E-state index contributed by atoms with van der Waals surface area (Å²) in [5.74, 6) is -8.35. The Balaban J connectivity index is 3.23. The molecule has 0 atom stereocenters. The van der Waals surface area contributed by atoms with Crippen molar-refractivity contribution in [2.75, 3.05) is 6.61 Å². The number of rotatable bonds is 2. The molecule has 0 amide bonds. The zero-order valence-electron chi connectivity index (χ0n) is 8.91. The van der Waals surface area contributed by atoms with Crippen LogP contribution in [0.5, 0.6) is 0 Å². The Kier molecular flexibility index (Phi) is 4.26. The molecule has 96 valence electrons. The van der Waals surface area contributed by atoms with Crippen molar-refractivity contribution in [2.24, 2.45) is 0 Å². The van der Waals surface area contributed by atoms with E-state index in [1.54, 1.807) is 0 Å². The molecular weight excluding hydrogens is 259 g/mol. The van der Waals surface area contributed by atoms with Crippen molar-refractivity contribution in [3.05, 3.63) is 34.6 Å². The summed E-state index contributed by atoms with van der Waals surface area (Å²) in [6, 6.07) is 0. The van der Waals surface area contributed by atoms with Gasteiger partial charge in [-0.2, -0.15) is 0 Å². The predicted octanol–water partition coefficient (Wildman–Crippen LogP) is 2.56. The van der Waals surface area contributed by atoms with Crippen LogP contribution in [0.2, 0.25) is 0 Å². The van der Waals surface area contributed by atoms with Crippen LogP contribution in [0.3, 0.4) is 0 Å². The SMILES string of the molecule is CC#CCOC(=O)c1c(F)c(F)c(F)c(F)c1F. The lowest BCUT2D eigenvalue weighted by Gasteiger charge is -2.06. The summed E-state index contributed by atoms with van der Waals surface area (Å²) in [4.78, 5) is 11.2. The minimum Gasteiger partial charge on any atom is -0.449 e. The first-order valence-electron chi connectivity index (χ1n) is 4.50. The first-order valence-corrected chi connectivity index (χ1v) is 4.50. The van der Waals surface area contributed by atoms with Gasteiger partial charge < -0.3 is 4.74 Å². The number of hydrogen-bond acceptors (Lipinski definition) is 2. The molecule has 2 nitrogen and oxygen atoms in total. The van der Waals surface area contributed by atoms with Crippen molar-refractivity contribution in [1.29, 1.82) is 0 Å². The summed E-state index contributed by atoms with van der Waals surface area (Å²) < 4.78 is 68.6. The summed E-state index contributed by atoms with van der Waals surface area (Å²) >= 11 is 0. The number of ether oxygens (including phenoxy) is 1. The van der Waals surface area contributed by atoms with Crippen molar-refractivity contribution < 1.29 is 31.5 Å². The van der Waals surface area contributed by atoms with E-state index in [1.165, 1.54) is 6.92 Å². The average Bonchev–Trinajstić information content (AvgIpc) is 2.34. The molecule has 7 heteroatoms. The number of carbonyl (C=O) groups is 1. The standard InChI is InChI=1S/C11H5F5O2/c1-2-3-4-18-11(17)5-6(12)8(14)10(16)9(15)7(5)13/h4H2,1H3. The van der Waals surface area contributed by atoms with E-state index in [4.69, 9.17) is 0 Å². The van der Waals surface area contributed by atoms with Gasteiger partial charge in [0.1, 0.15) is 5.56 Å². The molecule has 0 N–H and O–H groups in total. The smallest absolute Gasteiger partial charge is 0.345 e. The van der Waals surface area contributed by atoms with E-state index in [0.29, 0.717) is 0 Å². The Bertz CT molecular complexity index is 528. The monoisotopic (exact) mass is 264 g/mol. The largest absolute Gasteiger partial charge is 0.449 e. The zero-order chi connectivity index (χ0) is 13.9. The molecule has 1 aromatic rings. The molecule has 0 spiro atoms. The van der Waals surface area contributed by atoms with Gasteiger partial charge in [0.15, 0.2) is 29.9 Å². The van der Waals surface area contributed by atoms with Gasteiger partial charge in [0, 0.05) is 0 Å². The third kappa shape index (κ3) is 2.42. The van der Waals surface area contributed by atoms with Crippen molar-refractivity contribution in [3.8, 4) is 11.8 Å². The Hall–Kier alpha value is -2.10. The van der Waals surface area contributed by atoms with Crippen LogP contribution in [-0.4, -0.2) is 12.6 Å². The van der Waals surface area contributed by atoms with Gasteiger partial charge in [0.2, 0.25) is 5.82 Å². The van der Waals surface area contributed by atoms with Gasteiger partial charge in [0.05, 0.1) is 0 Å². The Labute approximate surface area is 98.4 Å². The fraction of sp³-hybridized carbons (Fsp3) is 0.182. The van der Waals surface area contributed by atoms with Crippen LogP contribution in [-0.2, 0) is 4.74 Å². The summed E-state index contributed by atoms with van der Waals surface area (Å²) in [6.45, 7) is 0.890. The Morgan fingerprint density at radius 2 is 1.44 bits per heavy atom. The van der Waals surface area contributed by atoms with Crippen LogP contribution in [0.25, 0.3) is 0 Å². The van der Waals surface area contributed by atoms with Gasteiger partial charge in [-0.15, -0.1) is 5.92 Å². The predicted molar refractivity (Wildman–Crippen MR) is 50.0 cm³/mol. The molecule has 0 aromatic heterocycles. The highest BCUT2D eigenvalue weighted by Gasteiger charge is 2.30. The number of hydrogen-bond donors (Lipinski definition) is 0. The van der Waals surface area contributed by atoms with E-state index < -0.39 is 47.2 Å². The van der Waals surface area contributed by atoms with Crippen LogP contribution in [0.15, 0.2) is 0 Å². The second-order valence-corrected chi connectivity index (χ2v) is 2.95. The highest BCUT2D eigenvalue weighted by Crippen LogP contribution is 2.23. The summed E-state index contributed by atoms with van der Waals surface area (Å²) in [5, 5.41) is 0. The quantitative estimate of drug-likeness (QED) is 0.270. The molecular formula is C11H5F5O2. The minimum atomic E-state index is -2.34. The van der Waals surface area contributed by atoms with Crippen LogP contribution in [0, 0.1) is 40.9 Å². The fourth-order valence-corrected chi connectivity index (χ4v) is 1.03. The lowest BCUT2D eigenvalue weighted by Crippen LogP contribution is -2.15. The van der Waals surface area contributed by atoms with Gasteiger partial charge in [-0.1, -0.05) is 5.92 Å². The number of halogens is 5. The maximum atomic E-state index is 13.1. The molecule has 0 aliphatic carbocycles. The molecule has 0 aliphatic heterocycles. The summed E-state index contributed by atoms with van der Waals surface area (Å²) in [6.07, 6.45) is 0. The molecule has 0 saturated carbocycles. The van der Waals surface area contributed by atoms with Gasteiger partial charge in [-0.25, -0.2) is 26.7 Å². The van der Waals surface area contributed by atoms with Crippen LogP contribution in [0.1, 0.15) is 17.3 Å². The molecule has 18 heavy (non-hydrogen) atoms. The molecule has 0 radical (unpaired) electrons. The van der Waals surface area contributed by atoms with E-state index in [1.807, 2.05) is 0 Å². The zero-order valence-corrected chi connectivity index (χ0v) is 8.91. The fourth-order valence-electron chi connectivity index (χ4n) is 1.03. The second-order valence-electron chi connectivity index (χ2n) is 2.95. The molecule has 0 unspecified atom stereocenters. The summed E-state index contributed by atoms with van der Waals surface area (Å²) in [5.41, 5.74) is -1.63. The van der Waals surface area contributed by atoms with Crippen LogP contribution in [0.4, 0.5) is 22.0 Å². The summed E-state index contributed by atoms with van der Waals surface area (Å²) in [7, 11) is 0. The van der Waals surface area contributed by atoms with Gasteiger partial charge in [-0.05, 0) is 6.92 Å². The van der Waals surface area contributed by atoms with Crippen molar-refractivity contribution >= 4 is 5.97 Å². The van der Waals surface area contributed by atoms with E-state index in [2.05, 4.69) is 16.6 Å². The van der Waals surface area contributed by atoms with Crippen LogP contribution >= 0.6 is 0 Å². The number of benzene rings is 1. The van der Waals surface area contributed by atoms with Gasteiger partial charge >= 0.3 is 5.97 Å².